The lowest BCUT2D eigenvalue weighted by Crippen LogP contribution is -2.31. The van der Waals surface area contributed by atoms with E-state index in [9.17, 15) is 4.79 Å². The van der Waals surface area contributed by atoms with Crippen LogP contribution in [0.1, 0.15) is 38.5 Å². The smallest absolute Gasteiger partial charge is 0.322 e. The van der Waals surface area contributed by atoms with Crippen molar-refractivity contribution < 1.29 is 9.53 Å². The van der Waals surface area contributed by atoms with E-state index >= 15 is 0 Å². The van der Waals surface area contributed by atoms with Gasteiger partial charge in [0.1, 0.15) is 6.04 Å². The molecule has 0 aromatic heterocycles. The van der Waals surface area contributed by atoms with Gasteiger partial charge < -0.3 is 10.1 Å². The number of thioether (sulfide) groups is 1. The molecule has 2 atom stereocenters. The molecular formula is C12H21NO2S. The fourth-order valence-electron chi connectivity index (χ4n) is 2.60. The second kappa shape index (κ2) is 5.92. The molecule has 0 bridgehead atoms. The fraction of sp³-hybridized carbons (Fsp3) is 0.917. The summed E-state index contributed by atoms with van der Waals surface area (Å²) in [6.07, 6.45) is 7.85. The van der Waals surface area contributed by atoms with Gasteiger partial charge in [0, 0.05) is 17.0 Å². The number of ether oxygens (including phenoxy) is 1. The SMILES string of the molecule is COC(=O)C1CC(SC2CCCCC2)CN1. The maximum absolute atomic E-state index is 11.4. The lowest BCUT2D eigenvalue weighted by Gasteiger charge is -2.23. The molecule has 0 radical (unpaired) electrons. The number of rotatable bonds is 3. The van der Waals surface area contributed by atoms with Crippen LogP contribution >= 0.6 is 11.8 Å². The first-order valence-electron chi connectivity index (χ1n) is 6.26. The van der Waals surface area contributed by atoms with Crippen molar-refractivity contribution in [3.05, 3.63) is 0 Å². The molecule has 2 aliphatic rings. The molecule has 0 spiro atoms. The summed E-state index contributed by atoms with van der Waals surface area (Å²) in [5.74, 6) is -0.105. The quantitative estimate of drug-likeness (QED) is 0.769. The third kappa shape index (κ3) is 3.14. The maximum atomic E-state index is 11.4. The van der Waals surface area contributed by atoms with Crippen molar-refractivity contribution in [3.63, 3.8) is 0 Å². The molecule has 4 heteroatoms. The highest BCUT2D eigenvalue weighted by molar-refractivity contribution is 8.00. The predicted octanol–water partition coefficient (Wildman–Crippen LogP) is 1.96. The van der Waals surface area contributed by atoms with Crippen molar-refractivity contribution in [1.82, 2.24) is 5.32 Å². The molecule has 3 nitrogen and oxygen atoms in total. The van der Waals surface area contributed by atoms with Crippen molar-refractivity contribution in [3.8, 4) is 0 Å². The molecule has 1 N–H and O–H groups in total. The van der Waals surface area contributed by atoms with Crippen LogP contribution in [0.3, 0.4) is 0 Å². The molecule has 2 rings (SSSR count). The van der Waals surface area contributed by atoms with Crippen molar-refractivity contribution >= 4 is 17.7 Å². The second-order valence-electron chi connectivity index (χ2n) is 4.74. The molecule has 0 aromatic carbocycles. The Balaban J connectivity index is 1.73. The minimum Gasteiger partial charge on any atom is -0.468 e. The number of carbonyl (C=O) groups is 1. The Morgan fingerprint density at radius 2 is 2.00 bits per heavy atom. The van der Waals surface area contributed by atoms with Crippen LogP contribution in [0.25, 0.3) is 0 Å². The number of hydrogen-bond acceptors (Lipinski definition) is 4. The summed E-state index contributed by atoms with van der Waals surface area (Å²) >= 11 is 2.09. The predicted molar refractivity (Wildman–Crippen MR) is 66.7 cm³/mol. The van der Waals surface area contributed by atoms with Gasteiger partial charge in [-0.3, -0.25) is 4.79 Å². The second-order valence-corrected chi connectivity index (χ2v) is 6.34. The summed E-state index contributed by atoms with van der Waals surface area (Å²) in [5, 5.41) is 4.69. The van der Waals surface area contributed by atoms with E-state index in [1.54, 1.807) is 0 Å². The average molecular weight is 243 g/mol. The molecule has 2 unspecified atom stereocenters. The first kappa shape index (κ1) is 12.2. The standard InChI is InChI=1S/C12H21NO2S/c1-15-12(14)11-7-10(8-13-11)16-9-5-3-2-4-6-9/h9-11,13H,2-8H2,1H3. The van der Waals surface area contributed by atoms with E-state index in [-0.39, 0.29) is 12.0 Å². The number of carbonyl (C=O) groups excluding carboxylic acids is 1. The van der Waals surface area contributed by atoms with Crippen LogP contribution in [0.2, 0.25) is 0 Å². The molecule has 0 aromatic rings. The van der Waals surface area contributed by atoms with Crippen LogP contribution in [0.4, 0.5) is 0 Å². The van der Waals surface area contributed by atoms with E-state index in [0.717, 1.165) is 18.2 Å². The van der Waals surface area contributed by atoms with Gasteiger partial charge in [-0.25, -0.2) is 0 Å². The lowest BCUT2D eigenvalue weighted by atomic mass is 10.0. The summed E-state index contributed by atoms with van der Waals surface area (Å²) in [6, 6.07) is -0.0638. The molecule has 1 aliphatic carbocycles. The van der Waals surface area contributed by atoms with E-state index in [4.69, 9.17) is 4.74 Å². The van der Waals surface area contributed by atoms with Gasteiger partial charge in [-0.1, -0.05) is 19.3 Å². The van der Waals surface area contributed by atoms with E-state index in [0.29, 0.717) is 5.25 Å². The maximum Gasteiger partial charge on any atom is 0.322 e. The van der Waals surface area contributed by atoms with E-state index in [1.807, 2.05) is 0 Å². The molecule has 1 saturated heterocycles. The highest BCUT2D eigenvalue weighted by Gasteiger charge is 2.32. The Morgan fingerprint density at radius 1 is 1.25 bits per heavy atom. The van der Waals surface area contributed by atoms with Gasteiger partial charge in [0.15, 0.2) is 0 Å². The highest BCUT2D eigenvalue weighted by Crippen LogP contribution is 2.34. The molecule has 1 aliphatic heterocycles. The Morgan fingerprint density at radius 3 is 2.69 bits per heavy atom. The van der Waals surface area contributed by atoms with Crippen molar-refractivity contribution in [2.45, 2.75) is 55.1 Å². The summed E-state index contributed by atoms with van der Waals surface area (Å²) in [7, 11) is 1.46. The zero-order valence-corrected chi connectivity index (χ0v) is 10.7. The molecule has 1 saturated carbocycles. The minimum absolute atomic E-state index is 0.0638. The monoisotopic (exact) mass is 243 g/mol. The first-order chi connectivity index (χ1) is 7.79. The summed E-state index contributed by atoms with van der Waals surface area (Å²) in [6.45, 7) is 0.959. The first-order valence-corrected chi connectivity index (χ1v) is 7.20. The van der Waals surface area contributed by atoms with Crippen LogP contribution in [-0.2, 0) is 9.53 Å². The number of hydrogen-bond donors (Lipinski definition) is 1. The molecule has 92 valence electrons. The van der Waals surface area contributed by atoms with Crippen LogP contribution < -0.4 is 5.32 Å². The largest absolute Gasteiger partial charge is 0.468 e. The lowest BCUT2D eigenvalue weighted by molar-refractivity contribution is -0.142. The van der Waals surface area contributed by atoms with Gasteiger partial charge in [0.25, 0.3) is 0 Å². The zero-order valence-electron chi connectivity index (χ0n) is 9.91. The topological polar surface area (TPSA) is 38.3 Å². The van der Waals surface area contributed by atoms with Gasteiger partial charge in [0.05, 0.1) is 7.11 Å². The number of esters is 1. The van der Waals surface area contributed by atoms with Gasteiger partial charge >= 0.3 is 5.97 Å². The van der Waals surface area contributed by atoms with Crippen LogP contribution in [0, 0.1) is 0 Å². The third-order valence-electron chi connectivity index (χ3n) is 3.51. The highest BCUT2D eigenvalue weighted by atomic mass is 32.2. The van der Waals surface area contributed by atoms with Crippen molar-refractivity contribution in [2.75, 3.05) is 13.7 Å². The summed E-state index contributed by atoms with van der Waals surface area (Å²) in [4.78, 5) is 11.4. The molecular weight excluding hydrogens is 222 g/mol. The third-order valence-corrected chi connectivity index (χ3v) is 5.11. The zero-order chi connectivity index (χ0) is 11.4. The minimum atomic E-state index is -0.105. The molecule has 2 fully saturated rings. The average Bonchev–Trinajstić information content (AvgIpc) is 2.78. The summed E-state index contributed by atoms with van der Waals surface area (Å²) in [5.41, 5.74) is 0. The Labute approximate surface area is 102 Å². The van der Waals surface area contributed by atoms with E-state index in [1.165, 1.54) is 39.2 Å². The fourth-order valence-corrected chi connectivity index (χ4v) is 4.25. The summed E-state index contributed by atoms with van der Waals surface area (Å²) < 4.78 is 4.76. The van der Waals surface area contributed by atoms with Gasteiger partial charge in [-0.2, -0.15) is 11.8 Å². The van der Waals surface area contributed by atoms with Crippen LogP contribution in [0.5, 0.6) is 0 Å². The Kier molecular flexibility index (Phi) is 4.53. The van der Waals surface area contributed by atoms with E-state index in [2.05, 4.69) is 17.1 Å². The molecule has 0 amide bonds. The van der Waals surface area contributed by atoms with Gasteiger partial charge in [-0.05, 0) is 19.3 Å². The number of methoxy groups -OCH3 is 1. The Hall–Kier alpha value is -0.220. The van der Waals surface area contributed by atoms with E-state index < -0.39 is 0 Å². The van der Waals surface area contributed by atoms with Crippen molar-refractivity contribution in [1.29, 1.82) is 0 Å². The molecule has 1 heterocycles. The Bertz CT molecular complexity index is 241. The van der Waals surface area contributed by atoms with Gasteiger partial charge in [0.2, 0.25) is 0 Å². The number of nitrogens with one attached hydrogen (secondary N) is 1. The van der Waals surface area contributed by atoms with Crippen LogP contribution in [-0.4, -0.2) is 36.2 Å². The normalized spacial score (nSPS) is 31.6. The van der Waals surface area contributed by atoms with Gasteiger partial charge in [-0.15, -0.1) is 0 Å². The van der Waals surface area contributed by atoms with Crippen molar-refractivity contribution in [2.24, 2.45) is 0 Å². The van der Waals surface area contributed by atoms with Crippen LogP contribution in [0.15, 0.2) is 0 Å². The molecule has 16 heavy (non-hydrogen) atoms.